The summed E-state index contributed by atoms with van der Waals surface area (Å²) in [5.74, 6) is 0. The number of benzene rings is 14. The van der Waals surface area contributed by atoms with Gasteiger partial charge in [0.25, 0.3) is 0 Å². The molecule has 0 atom stereocenters. The van der Waals surface area contributed by atoms with Crippen LogP contribution >= 0.6 is 31.9 Å². The van der Waals surface area contributed by atoms with Gasteiger partial charge in [0, 0.05) is 32.7 Å². The van der Waals surface area contributed by atoms with Crippen molar-refractivity contribution in [3.8, 4) is 66.8 Å². The van der Waals surface area contributed by atoms with Gasteiger partial charge in [0.2, 0.25) is 0 Å². The molecule has 0 aliphatic rings. The van der Waals surface area contributed by atoms with Crippen molar-refractivity contribution < 1.29 is 8.83 Å². The van der Waals surface area contributed by atoms with Gasteiger partial charge in [0.1, 0.15) is 22.3 Å². The van der Waals surface area contributed by atoms with Crippen molar-refractivity contribution in [2.75, 3.05) is 0 Å². The first kappa shape index (κ1) is 49.9. The van der Waals surface area contributed by atoms with Crippen LogP contribution in [0.5, 0.6) is 0 Å². The van der Waals surface area contributed by atoms with Crippen molar-refractivity contribution >= 4 is 119 Å². The molecule has 2 heterocycles. The first-order valence-electron chi connectivity index (χ1n) is 26.9. The normalized spacial score (nSPS) is 11.5. The highest BCUT2D eigenvalue weighted by Gasteiger charge is 2.23. The highest BCUT2D eigenvalue weighted by atomic mass is 79.9. The smallest absolute Gasteiger partial charge is 0.150 e. The van der Waals surface area contributed by atoms with Gasteiger partial charge >= 0.3 is 0 Å². The van der Waals surface area contributed by atoms with E-state index >= 15 is 0 Å². The SMILES string of the molecule is Brc1cc(-c2ccccc2)c2cccc3c4cccc5c(-c6ccccc6)cc(Br)c(oc1c23)c54.C.c1ccc(-c2cc(-c3ccccc3)c3oc4c(-c5ccccc5)cc(-c5ccccc5)c5cccc(c6cccc2c36)c54)cc1. The van der Waals surface area contributed by atoms with Crippen molar-refractivity contribution in [3.63, 3.8) is 0 Å². The van der Waals surface area contributed by atoms with E-state index in [9.17, 15) is 0 Å². The predicted molar refractivity (Wildman–Crippen MR) is 352 cm³/mol. The van der Waals surface area contributed by atoms with Gasteiger partial charge < -0.3 is 8.83 Å². The third kappa shape index (κ3) is 8.45. The summed E-state index contributed by atoms with van der Waals surface area (Å²) in [7, 11) is 0. The molecule has 14 aromatic carbocycles. The molecule has 0 aliphatic heterocycles. The van der Waals surface area contributed by atoms with Crippen molar-refractivity contribution in [2.45, 2.75) is 7.43 Å². The lowest BCUT2D eigenvalue weighted by molar-refractivity contribution is 0.660. The van der Waals surface area contributed by atoms with Crippen LogP contribution < -0.4 is 0 Å². The van der Waals surface area contributed by atoms with Crippen LogP contribution in [-0.2, 0) is 0 Å². The Morgan fingerprint density at radius 1 is 0.198 bits per heavy atom. The van der Waals surface area contributed by atoms with Crippen LogP contribution in [0.2, 0.25) is 0 Å². The zero-order valence-corrected chi connectivity index (χ0v) is 46.3. The van der Waals surface area contributed by atoms with Crippen LogP contribution in [0.4, 0.5) is 0 Å². The van der Waals surface area contributed by atoms with Crippen LogP contribution in [0.15, 0.2) is 297 Å². The molecule has 16 aromatic rings. The molecule has 0 bridgehead atoms. The number of halogens is 2. The second-order valence-electron chi connectivity index (χ2n) is 20.4. The molecular weight excluding hydrogens is 1120 g/mol. The average molecular weight is 1170 g/mol. The molecule has 0 amide bonds. The molecule has 0 unspecified atom stereocenters. The van der Waals surface area contributed by atoms with E-state index in [4.69, 9.17) is 8.83 Å². The predicted octanol–water partition coefficient (Wildman–Crippen LogP) is 23.9. The molecule has 0 saturated carbocycles. The van der Waals surface area contributed by atoms with Crippen LogP contribution in [0, 0.1) is 0 Å². The van der Waals surface area contributed by atoms with Gasteiger partial charge in [-0.3, -0.25) is 0 Å². The fourth-order valence-electron chi connectivity index (χ4n) is 12.3. The molecular formula is C77H50Br2O2. The minimum Gasteiger partial charge on any atom is -0.455 e. The van der Waals surface area contributed by atoms with Gasteiger partial charge in [-0.1, -0.05) is 262 Å². The Labute approximate surface area is 486 Å². The summed E-state index contributed by atoms with van der Waals surface area (Å²) >= 11 is 7.71. The summed E-state index contributed by atoms with van der Waals surface area (Å²) in [6.07, 6.45) is 0. The van der Waals surface area contributed by atoms with E-state index in [1.165, 1.54) is 87.6 Å². The molecule has 0 aliphatic carbocycles. The molecule has 0 radical (unpaired) electrons. The van der Waals surface area contributed by atoms with Gasteiger partial charge in [0.15, 0.2) is 0 Å². The maximum absolute atomic E-state index is 7.40. The van der Waals surface area contributed by atoms with E-state index in [1.807, 2.05) is 0 Å². The molecule has 0 fully saturated rings. The topological polar surface area (TPSA) is 26.3 Å². The minimum absolute atomic E-state index is 0. The fraction of sp³-hybridized carbons (Fsp3) is 0.0130. The van der Waals surface area contributed by atoms with E-state index in [-0.39, 0.29) is 7.43 Å². The van der Waals surface area contributed by atoms with Gasteiger partial charge in [-0.2, -0.15) is 0 Å². The molecule has 0 saturated heterocycles. The van der Waals surface area contributed by atoms with Crippen LogP contribution in [0.3, 0.4) is 0 Å². The average Bonchev–Trinajstić information content (AvgIpc) is 2.90. The van der Waals surface area contributed by atoms with Crippen LogP contribution in [-0.4, -0.2) is 0 Å². The summed E-state index contributed by atoms with van der Waals surface area (Å²) in [6.45, 7) is 0. The molecule has 0 spiro atoms. The Hall–Kier alpha value is -9.32. The Morgan fingerprint density at radius 2 is 0.407 bits per heavy atom. The van der Waals surface area contributed by atoms with Gasteiger partial charge in [-0.05, 0) is 155 Å². The number of fused-ring (bicyclic) bond motifs is 2. The lowest BCUT2D eigenvalue weighted by atomic mass is 9.89. The first-order chi connectivity index (χ1) is 39.6. The van der Waals surface area contributed by atoms with Gasteiger partial charge in [-0.15, -0.1) is 0 Å². The van der Waals surface area contributed by atoms with Crippen molar-refractivity contribution in [1.29, 1.82) is 0 Å². The van der Waals surface area contributed by atoms with Gasteiger partial charge in [-0.25, -0.2) is 0 Å². The molecule has 384 valence electrons. The van der Waals surface area contributed by atoms with E-state index < -0.39 is 0 Å². The van der Waals surface area contributed by atoms with Crippen LogP contribution in [0.25, 0.3) is 154 Å². The minimum atomic E-state index is 0. The zero-order valence-electron chi connectivity index (χ0n) is 43.1. The molecule has 16 rings (SSSR count). The van der Waals surface area contributed by atoms with E-state index in [2.05, 4.69) is 311 Å². The standard InChI is InChI=1S/C44H28O.C32H18Br2O.CH4/c1-5-15-29(16-6-1)37-27-39(31-19-9-3-10-20-31)43-41-33(23-13-25-35(37)41)34-24-14-26-36-38(30-17-7-2-8-18-30)28-40(44(45-43)42(34)36)32-21-11-4-12-22-32;33-27-17-25(19-9-3-1-4-10-19)23-15-7-13-21-22-14-8-16-24-26(20-11-5-2-6-12-20)18-28(34)32(30(22)24)35-31(27)29(21)23;/h1-28H;1-18H;1H4. The summed E-state index contributed by atoms with van der Waals surface area (Å²) in [4.78, 5) is 0. The molecule has 2 aromatic heterocycles. The third-order valence-electron chi connectivity index (χ3n) is 15.9. The maximum Gasteiger partial charge on any atom is 0.150 e. The zero-order chi connectivity index (χ0) is 53.3. The van der Waals surface area contributed by atoms with Gasteiger partial charge in [0.05, 0.1) is 8.95 Å². The van der Waals surface area contributed by atoms with Crippen LogP contribution in [0.1, 0.15) is 7.43 Å². The summed E-state index contributed by atoms with van der Waals surface area (Å²) in [6, 6.07) is 99.3. The Balaban J connectivity index is 0.000000148. The molecule has 0 N–H and O–H groups in total. The summed E-state index contributed by atoms with van der Waals surface area (Å²) in [5, 5.41) is 14.0. The molecule has 4 heteroatoms. The molecule has 81 heavy (non-hydrogen) atoms. The second kappa shape index (κ2) is 20.7. The quantitative estimate of drug-likeness (QED) is 0.166. The summed E-state index contributed by atoms with van der Waals surface area (Å²) < 4.78 is 16.1. The lowest BCUT2D eigenvalue weighted by Gasteiger charge is -2.14. The Bertz CT molecular complexity index is 4720. The van der Waals surface area contributed by atoms with E-state index in [0.29, 0.717) is 0 Å². The van der Waals surface area contributed by atoms with Crippen molar-refractivity contribution in [3.05, 3.63) is 288 Å². The highest BCUT2D eigenvalue weighted by molar-refractivity contribution is 9.11. The number of rotatable bonds is 6. The van der Waals surface area contributed by atoms with E-state index in [0.717, 1.165) is 75.1 Å². The Morgan fingerprint density at radius 3 is 0.679 bits per heavy atom. The third-order valence-corrected chi connectivity index (χ3v) is 17.0. The van der Waals surface area contributed by atoms with E-state index in [1.54, 1.807) is 0 Å². The lowest BCUT2D eigenvalue weighted by Crippen LogP contribution is -1.88. The van der Waals surface area contributed by atoms with Crippen molar-refractivity contribution in [2.24, 2.45) is 0 Å². The number of hydrogen-bond acceptors (Lipinski definition) is 2. The fourth-order valence-corrected chi connectivity index (χ4v) is 13.3. The van der Waals surface area contributed by atoms with Crippen molar-refractivity contribution in [1.82, 2.24) is 0 Å². The monoisotopic (exact) mass is 1160 g/mol. The first-order valence-corrected chi connectivity index (χ1v) is 28.5. The second-order valence-corrected chi connectivity index (χ2v) is 22.1. The summed E-state index contributed by atoms with van der Waals surface area (Å²) in [5.41, 5.74) is 17.4. The Kier molecular flexibility index (Phi) is 12.8. The molecule has 2 nitrogen and oxygen atoms in total. The highest BCUT2D eigenvalue weighted by Crippen LogP contribution is 2.49. The largest absolute Gasteiger partial charge is 0.455 e. The maximum atomic E-state index is 7.40. The number of hydrogen-bond donors (Lipinski definition) is 0.